The van der Waals surface area contributed by atoms with Crippen molar-refractivity contribution in [3.05, 3.63) is 30.0 Å². The minimum Gasteiger partial charge on any atom is -0.504 e. The van der Waals surface area contributed by atoms with Gasteiger partial charge in [0.05, 0.1) is 11.2 Å². The molecule has 4 nitrogen and oxygen atoms in total. The number of aromatic nitrogens is 1. The Bertz CT molecular complexity index is 706. The number of furan rings is 1. The average Bonchev–Trinajstić information content (AvgIpc) is 2.77. The van der Waals surface area contributed by atoms with E-state index >= 15 is 0 Å². The molecule has 0 saturated heterocycles. The monoisotopic (exact) mass is 215 g/mol. The molecule has 80 valence electrons. The second-order valence-corrected chi connectivity index (χ2v) is 3.71. The third kappa shape index (κ3) is 0.957. The zero-order valence-corrected chi connectivity index (χ0v) is 8.60. The summed E-state index contributed by atoms with van der Waals surface area (Å²) < 4.78 is 7.27. The SMILES string of the molecule is Cn1c(C=O)cc2oc3c(O)cccc3c21. The number of carbonyl (C=O) groups is 1. The van der Waals surface area contributed by atoms with E-state index in [1.165, 1.54) is 0 Å². The van der Waals surface area contributed by atoms with Crippen LogP contribution in [0.25, 0.3) is 22.1 Å². The van der Waals surface area contributed by atoms with E-state index in [2.05, 4.69) is 0 Å². The van der Waals surface area contributed by atoms with E-state index in [1.807, 2.05) is 6.07 Å². The minimum atomic E-state index is 0.112. The van der Waals surface area contributed by atoms with Gasteiger partial charge in [-0.25, -0.2) is 0 Å². The molecular formula is C12H9NO3. The molecule has 1 aromatic carbocycles. The lowest BCUT2D eigenvalue weighted by atomic mass is 10.2. The van der Waals surface area contributed by atoms with Crippen molar-refractivity contribution in [1.82, 2.24) is 4.57 Å². The van der Waals surface area contributed by atoms with Crippen molar-refractivity contribution >= 4 is 28.4 Å². The maximum atomic E-state index is 10.8. The molecule has 0 aliphatic heterocycles. The van der Waals surface area contributed by atoms with Crippen molar-refractivity contribution in [1.29, 1.82) is 0 Å². The summed E-state index contributed by atoms with van der Waals surface area (Å²) >= 11 is 0. The maximum absolute atomic E-state index is 10.8. The summed E-state index contributed by atoms with van der Waals surface area (Å²) in [6.07, 6.45) is 0.782. The van der Waals surface area contributed by atoms with Crippen molar-refractivity contribution < 1.29 is 14.3 Å². The van der Waals surface area contributed by atoms with E-state index in [-0.39, 0.29) is 5.75 Å². The average molecular weight is 215 g/mol. The predicted molar refractivity (Wildman–Crippen MR) is 59.7 cm³/mol. The highest BCUT2D eigenvalue weighted by Crippen LogP contribution is 2.34. The van der Waals surface area contributed by atoms with Crippen molar-refractivity contribution in [2.24, 2.45) is 7.05 Å². The van der Waals surface area contributed by atoms with Crippen LogP contribution in [0, 0.1) is 0 Å². The first-order valence-electron chi connectivity index (χ1n) is 4.87. The van der Waals surface area contributed by atoms with Gasteiger partial charge in [-0.15, -0.1) is 0 Å². The Labute approximate surface area is 90.7 Å². The Kier molecular flexibility index (Phi) is 1.63. The molecule has 0 atom stereocenters. The highest BCUT2D eigenvalue weighted by atomic mass is 16.4. The number of rotatable bonds is 1. The molecule has 0 aliphatic carbocycles. The van der Waals surface area contributed by atoms with Gasteiger partial charge < -0.3 is 14.1 Å². The fourth-order valence-corrected chi connectivity index (χ4v) is 2.03. The zero-order valence-electron chi connectivity index (χ0n) is 8.60. The smallest absolute Gasteiger partial charge is 0.178 e. The quantitative estimate of drug-likeness (QED) is 0.634. The molecule has 0 bridgehead atoms. The number of nitrogens with zero attached hydrogens (tertiary/aromatic N) is 1. The van der Waals surface area contributed by atoms with Gasteiger partial charge in [-0.05, 0) is 12.1 Å². The molecule has 4 heteroatoms. The van der Waals surface area contributed by atoms with Gasteiger partial charge in [-0.3, -0.25) is 4.79 Å². The summed E-state index contributed by atoms with van der Waals surface area (Å²) in [6.45, 7) is 0. The molecule has 3 aromatic rings. The summed E-state index contributed by atoms with van der Waals surface area (Å²) in [4.78, 5) is 10.8. The highest BCUT2D eigenvalue weighted by Gasteiger charge is 2.15. The number of para-hydroxylation sites is 1. The van der Waals surface area contributed by atoms with E-state index < -0.39 is 0 Å². The number of hydrogen-bond donors (Lipinski definition) is 1. The number of aldehydes is 1. The van der Waals surface area contributed by atoms with Crippen LogP contribution in [-0.4, -0.2) is 16.0 Å². The summed E-state index contributed by atoms with van der Waals surface area (Å²) in [5, 5.41) is 10.4. The fourth-order valence-electron chi connectivity index (χ4n) is 2.03. The summed E-state index contributed by atoms with van der Waals surface area (Å²) in [7, 11) is 1.80. The molecule has 2 heterocycles. The number of aryl methyl sites for hydroxylation is 1. The number of phenols is 1. The number of phenolic OH excluding ortho intramolecular Hbond substituents is 1. The molecule has 16 heavy (non-hydrogen) atoms. The van der Waals surface area contributed by atoms with E-state index in [1.54, 1.807) is 29.8 Å². The Morgan fingerprint density at radius 2 is 2.25 bits per heavy atom. The van der Waals surface area contributed by atoms with Crippen LogP contribution >= 0.6 is 0 Å². The van der Waals surface area contributed by atoms with E-state index in [0.29, 0.717) is 16.9 Å². The van der Waals surface area contributed by atoms with E-state index in [0.717, 1.165) is 17.2 Å². The van der Waals surface area contributed by atoms with Crippen molar-refractivity contribution in [3.63, 3.8) is 0 Å². The largest absolute Gasteiger partial charge is 0.504 e. The summed E-state index contributed by atoms with van der Waals surface area (Å²) in [6, 6.07) is 6.85. The third-order valence-corrected chi connectivity index (χ3v) is 2.82. The van der Waals surface area contributed by atoms with Crippen LogP contribution in [0.5, 0.6) is 5.75 Å². The van der Waals surface area contributed by atoms with Gasteiger partial charge in [-0.1, -0.05) is 6.07 Å². The van der Waals surface area contributed by atoms with Crippen LogP contribution in [0.3, 0.4) is 0 Å². The lowest BCUT2D eigenvalue weighted by Gasteiger charge is -1.97. The van der Waals surface area contributed by atoms with Crippen LogP contribution in [0.2, 0.25) is 0 Å². The van der Waals surface area contributed by atoms with Gasteiger partial charge in [0.2, 0.25) is 0 Å². The highest BCUT2D eigenvalue weighted by molar-refractivity contribution is 6.06. The molecule has 0 unspecified atom stereocenters. The molecule has 0 spiro atoms. The number of benzene rings is 1. The Morgan fingerprint density at radius 3 is 3.00 bits per heavy atom. The maximum Gasteiger partial charge on any atom is 0.178 e. The number of hydrogen-bond acceptors (Lipinski definition) is 3. The van der Waals surface area contributed by atoms with Crippen molar-refractivity contribution in [2.45, 2.75) is 0 Å². The number of aromatic hydroxyl groups is 1. The first-order valence-corrected chi connectivity index (χ1v) is 4.87. The second-order valence-electron chi connectivity index (χ2n) is 3.71. The summed E-state index contributed by atoms with van der Waals surface area (Å²) in [5.41, 5.74) is 2.45. The zero-order chi connectivity index (χ0) is 11.3. The minimum absolute atomic E-state index is 0.112. The van der Waals surface area contributed by atoms with E-state index in [4.69, 9.17) is 4.42 Å². The van der Waals surface area contributed by atoms with Gasteiger partial charge in [0.1, 0.15) is 0 Å². The predicted octanol–water partition coefficient (Wildman–Crippen LogP) is 2.44. The van der Waals surface area contributed by atoms with Crippen LogP contribution in [-0.2, 0) is 7.05 Å². The molecule has 1 N–H and O–H groups in total. The first kappa shape index (κ1) is 9.03. The van der Waals surface area contributed by atoms with Crippen LogP contribution < -0.4 is 0 Å². The molecule has 0 radical (unpaired) electrons. The van der Waals surface area contributed by atoms with Gasteiger partial charge in [-0.2, -0.15) is 0 Å². The van der Waals surface area contributed by atoms with Crippen LogP contribution in [0.1, 0.15) is 10.5 Å². The normalized spacial score (nSPS) is 11.3. The van der Waals surface area contributed by atoms with Crippen molar-refractivity contribution in [3.8, 4) is 5.75 Å². The van der Waals surface area contributed by atoms with E-state index in [9.17, 15) is 9.90 Å². The Morgan fingerprint density at radius 1 is 1.44 bits per heavy atom. The van der Waals surface area contributed by atoms with Crippen molar-refractivity contribution in [2.75, 3.05) is 0 Å². The number of carbonyl (C=O) groups excluding carboxylic acids is 1. The molecule has 3 rings (SSSR count). The second kappa shape index (κ2) is 2.88. The van der Waals surface area contributed by atoms with Gasteiger partial charge in [0.25, 0.3) is 0 Å². The Balaban J connectivity index is 2.56. The standard InChI is InChI=1S/C12H9NO3/c1-13-7(6-14)5-10-11(13)8-3-2-4-9(15)12(8)16-10/h2-6,15H,1H3. The van der Waals surface area contributed by atoms with Gasteiger partial charge >= 0.3 is 0 Å². The van der Waals surface area contributed by atoms with Gasteiger partial charge in [0.15, 0.2) is 23.2 Å². The van der Waals surface area contributed by atoms with Crippen LogP contribution in [0.15, 0.2) is 28.7 Å². The Hall–Kier alpha value is -2.23. The lowest BCUT2D eigenvalue weighted by Crippen LogP contribution is -1.93. The topological polar surface area (TPSA) is 55.4 Å². The molecule has 0 saturated carbocycles. The first-order chi connectivity index (χ1) is 7.72. The lowest BCUT2D eigenvalue weighted by molar-refractivity contribution is 0.111. The molecule has 0 fully saturated rings. The molecule has 0 aliphatic rings. The van der Waals surface area contributed by atoms with Gasteiger partial charge in [0, 0.05) is 18.5 Å². The fraction of sp³-hybridized carbons (Fsp3) is 0.0833. The number of fused-ring (bicyclic) bond motifs is 3. The summed E-state index contributed by atoms with van der Waals surface area (Å²) in [5.74, 6) is 0.112. The van der Waals surface area contributed by atoms with Crippen LogP contribution in [0.4, 0.5) is 0 Å². The third-order valence-electron chi connectivity index (χ3n) is 2.82. The molecule has 0 amide bonds. The molecular weight excluding hydrogens is 206 g/mol. The molecule has 2 aromatic heterocycles.